The molecule has 0 amide bonds. The third kappa shape index (κ3) is 3.14. The van der Waals surface area contributed by atoms with E-state index in [1.165, 1.54) is 24.0 Å². The van der Waals surface area contributed by atoms with Gasteiger partial charge in [0.2, 0.25) is 0 Å². The molecule has 98 valence electrons. The summed E-state index contributed by atoms with van der Waals surface area (Å²) in [7, 11) is 4.25. The van der Waals surface area contributed by atoms with Crippen LogP contribution in [0.2, 0.25) is 0 Å². The Morgan fingerprint density at radius 1 is 1.28 bits per heavy atom. The Labute approximate surface area is 110 Å². The number of phenols is 1. The van der Waals surface area contributed by atoms with Crippen molar-refractivity contribution < 1.29 is 5.11 Å². The van der Waals surface area contributed by atoms with Crippen LogP contribution in [0, 0.1) is 11.8 Å². The van der Waals surface area contributed by atoms with E-state index in [1.54, 1.807) is 6.07 Å². The lowest BCUT2D eigenvalue weighted by atomic mass is 9.79. The normalized spacial score (nSPS) is 24.1. The molecule has 1 aliphatic rings. The van der Waals surface area contributed by atoms with Gasteiger partial charge >= 0.3 is 0 Å². The van der Waals surface area contributed by atoms with Crippen molar-refractivity contribution in [2.75, 3.05) is 20.6 Å². The summed E-state index contributed by atoms with van der Waals surface area (Å²) >= 11 is 0. The highest BCUT2D eigenvalue weighted by Gasteiger charge is 2.22. The van der Waals surface area contributed by atoms with E-state index in [9.17, 15) is 5.11 Å². The average Bonchev–Trinajstić information content (AvgIpc) is 2.31. The molecule has 2 rings (SSSR count). The predicted octanol–water partition coefficient (Wildman–Crippen LogP) is 3.38. The second-order valence-corrected chi connectivity index (χ2v) is 5.69. The summed E-state index contributed by atoms with van der Waals surface area (Å²) < 4.78 is 0. The second kappa shape index (κ2) is 5.57. The number of allylic oxidation sites excluding steroid dienone is 1. The molecule has 2 atom stereocenters. The third-order valence-corrected chi connectivity index (χ3v) is 3.64. The molecule has 0 bridgehead atoms. The quantitative estimate of drug-likeness (QED) is 0.882. The third-order valence-electron chi connectivity index (χ3n) is 3.64. The van der Waals surface area contributed by atoms with Gasteiger partial charge in [-0.05, 0) is 62.0 Å². The number of phenolic OH excluding ortho intramolecular Hbond substituents is 1. The van der Waals surface area contributed by atoms with Gasteiger partial charge in [-0.25, -0.2) is 0 Å². The first-order valence-corrected chi connectivity index (χ1v) is 6.72. The molecule has 18 heavy (non-hydrogen) atoms. The SMILES string of the molecule is C[C@H]1C=C(c2cccc(O)c2)[C@@H](CN(C)C)CC1. The Morgan fingerprint density at radius 3 is 2.72 bits per heavy atom. The minimum absolute atomic E-state index is 0.357. The van der Waals surface area contributed by atoms with E-state index >= 15 is 0 Å². The summed E-state index contributed by atoms with van der Waals surface area (Å²) in [5, 5.41) is 9.64. The van der Waals surface area contributed by atoms with Crippen molar-refractivity contribution in [3.63, 3.8) is 0 Å². The standard InChI is InChI=1S/C16H23NO/c1-12-7-8-14(11-17(2)3)16(9-12)13-5-4-6-15(18)10-13/h4-6,9-10,12,14,18H,7-8,11H2,1-3H3/t12-,14-/m1/s1. The molecule has 0 unspecified atom stereocenters. The summed E-state index contributed by atoms with van der Waals surface area (Å²) in [6, 6.07) is 7.65. The van der Waals surface area contributed by atoms with Crippen LogP contribution < -0.4 is 0 Å². The molecular weight excluding hydrogens is 222 g/mol. The van der Waals surface area contributed by atoms with Gasteiger partial charge in [0, 0.05) is 6.54 Å². The molecule has 1 aliphatic carbocycles. The van der Waals surface area contributed by atoms with Crippen LogP contribution in [-0.4, -0.2) is 30.6 Å². The Balaban J connectivity index is 2.30. The van der Waals surface area contributed by atoms with Crippen molar-refractivity contribution in [1.82, 2.24) is 4.90 Å². The van der Waals surface area contributed by atoms with Crippen molar-refractivity contribution in [3.05, 3.63) is 35.9 Å². The molecule has 0 saturated carbocycles. The van der Waals surface area contributed by atoms with Crippen molar-refractivity contribution in [2.45, 2.75) is 19.8 Å². The second-order valence-electron chi connectivity index (χ2n) is 5.69. The average molecular weight is 245 g/mol. The monoisotopic (exact) mass is 245 g/mol. The minimum Gasteiger partial charge on any atom is -0.508 e. The zero-order chi connectivity index (χ0) is 13.1. The first kappa shape index (κ1) is 13.2. The molecule has 0 aliphatic heterocycles. The zero-order valence-electron chi connectivity index (χ0n) is 11.6. The number of hydrogen-bond acceptors (Lipinski definition) is 2. The van der Waals surface area contributed by atoms with Crippen LogP contribution in [0.15, 0.2) is 30.3 Å². The van der Waals surface area contributed by atoms with Crippen LogP contribution >= 0.6 is 0 Å². The fourth-order valence-corrected chi connectivity index (χ4v) is 2.79. The van der Waals surface area contributed by atoms with Crippen LogP contribution in [0.25, 0.3) is 5.57 Å². The molecule has 2 nitrogen and oxygen atoms in total. The maximum atomic E-state index is 9.64. The first-order chi connectivity index (χ1) is 8.56. The van der Waals surface area contributed by atoms with E-state index in [4.69, 9.17) is 0 Å². The lowest BCUT2D eigenvalue weighted by Crippen LogP contribution is -2.25. The molecular formula is C16H23NO. The van der Waals surface area contributed by atoms with Gasteiger partial charge in [-0.2, -0.15) is 0 Å². The van der Waals surface area contributed by atoms with Crippen LogP contribution in [0.5, 0.6) is 5.75 Å². The molecule has 0 fully saturated rings. The Kier molecular flexibility index (Phi) is 4.07. The van der Waals surface area contributed by atoms with Crippen LogP contribution in [0.3, 0.4) is 0 Å². The van der Waals surface area contributed by atoms with Gasteiger partial charge in [-0.15, -0.1) is 0 Å². The maximum Gasteiger partial charge on any atom is 0.116 e. The molecule has 0 radical (unpaired) electrons. The summed E-state index contributed by atoms with van der Waals surface area (Å²) in [6.45, 7) is 3.35. The van der Waals surface area contributed by atoms with E-state index in [-0.39, 0.29) is 0 Å². The highest BCUT2D eigenvalue weighted by molar-refractivity contribution is 5.69. The van der Waals surface area contributed by atoms with Crippen LogP contribution in [0.1, 0.15) is 25.3 Å². The van der Waals surface area contributed by atoms with Gasteiger partial charge in [0.15, 0.2) is 0 Å². The molecule has 1 aromatic carbocycles. The fraction of sp³-hybridized carbons (Fsp3) is 0.500. The van der Waals surface area contributed by atoms with Gasteiger partial charge in [0.1, 0.15) is 5.75 Å². The van der Waals surface area contributed by atoms with E-state index in [0.29, 0.717) is 17.6 Å². The number of benzene rings is 1. The summed E-state index contributed by atoms with van der Waals surface area (Å²) in [5.41, 5.74) is 2.58. The Morgan fingerprint density at radius 2 is 2.06 bits per heavy atom. The fourth-order valence-electron chi connectivity index (χ4n) is 2.79. The van der Waals surface area contributed by atoms with Gasteiger partial charge < -0.3 is 10.0 Å². The molecule has 2 heteroatoms. The van der Waals surface area contributed by atoms with Gasteiger partial charge in [-0.1, -0.05) is 25.1 Å². The molecule has 0 saturated heterocycles. The number of aromatic hydroxyl groups is 1. The summed E-state index contributed by atoms with van der Waals surface area (Å²) in [5.74, 6) is 1.58. The first-order valence-electron chi connectivity index (χ1n) is 6.72. The largest absolute Gasteiger partial charge is 0.508 e. The molecule has 0 aromatic heterocycles. The summed E-state index contributed by atoms with van der Waals surface area (Å²) in [6.07, 6.45) is 4.88. The van der Waals surface area contributed by atoms with Gasteiger partial charge in [0.25, 0.3) is 0 Å². The lowest BCUT2D eigenvalue weighted by Gasteiger charge is -2.30. The predicted molar refractivity (Wildman–Crippen MR) is 76.5 cm³/mol. The number of hydrogen-bond donors (Lipinski definition) is 1. The van der Waals surface area contributed by atoms with E-state index < -0.39 is 0 Å². The molecule has 1 aromatic rings. The van der Waals surface area contributed by atoms with Crippen molar-refractivity contribution >= 4 is 5.57 Å². The minimum atomic E-state index is 0.357. The lowest BCUT2D eigenvalue weighted by molar-refractivity contribution is 0.336. The topological polar surface area (TPSA) is 23.5 Å². The smallest absolute Gasteiger partial charge is 0.116 e. The van der Waals surface area contributed by atoms with Crippen molar-refractivity contribution in [1.29, 1.82) is 0 Å². The number of nitrogens with zero attached hydrogens (tertiary/aromatic N) is 1. The van der Waals surface area contributed by atoms with Crippen molar-refractivity contribution in [3.8, 4) is 5.75 Å². The highest BCUT2D eigenvalue weighted by Crippen LogP contribution is 2.36. The van der Waals surface area contributed by atoms with Crippen molar-refractivity contribution in [2.24, 2.45) is 11.8 Å². The molecule has 0 spiro atoms. The number of rotatable bonds is 3. The zero-order valence-corrected chi connectivity index (χ0v) is 11.6. The Bertz CT molecular complexity index is 436. The molecule has 1 N–H and O–H groups in total. The van der Waals surface area contributed by atoms with Gasteiger partial charge in [0.05, 0.1) is 0 Å². The van der Waals surface area contributed by atoms with E-state index in [2.05, 4.69) is 38.1 Å². The van der Waals surface area contributed by atoms with Crippen LogP contribution in [-0.2, 0) is 0 Å². The van der Waals surface area contributed by atoms with Gasteiger partial charge in [-0.3, -0.25) is 0 Å². The maximum absolute atomic E-state index is 9.64. The van der Waals surface area contributed by atoms with Crippen LogP contribution in [0.4, 0.5) is 0 Å². The Hall–Kier alpha value is -1.28. The van der Waals surface area contributed by atoms with E-state index in [0.717, 1.165) is 6.54 Å². The molecule has 0 heterocycles. The highest BCUT2D eigenvalue weighted by atomic mass is 16.3. The summed E-state index contributed by atoms with van der Waals surface area (Å²) in [4.78, 5) is 2.25. The van der Waals surface area contributed by atoms with E-state index in [1.807, 2.05) is 12.1 Å².